The molecule has 0 saturated carbocycles. The van der Waals surface area contributed by atoms with Gasteiger partial charge in [-0.1, -0.05) is 6.07 Å². The van der Waals surface area contributed by atoms with Gasteiger partial charge >= 0.3 is 5.97 Å². The molecule has 1 N–H and O–H groups in total. The molecule has 0 amide bonds. The van der Waals surface area contributed by atoms with Gasteiger partial charge in [-0.3, -0.25) is 4.79 Å². The summed E-state index contributed by atoms with van der Waals surface area (Å²) in [5.74, 6) is 0.399. The van der Waals surface area contributed by atoms with E-state index < -0.39 is 5.97 Å². The molecule has 0 atom stereocenters. The third-order valence-electron chi connectivity index (χ3n) is 4.03. The van der Waals surface area contributed by atoms with Crippen LogP contribution in [0.15, 0.2) is 42.5 Å². The molecule has 0 aromatic heterocycles. The highest BCUT2D eigenvalue weighted by molar-refractivity contribution is 5.99. The molecule has 0 aliphatic carbocycles. The number of Topliss-reactive ketones (excluding diaryl/α,β-unsaturated/α-hetero) is 1. The number of phenolic OH excluding ortho intramolecular Hbond substituents is 1. The molecule has 0 radical (unpaired) electrons. The molecule has 3 rings (SSSR count). The van der Waals surface area contributed by atoms with Gasteiger partial charge in [-0.25, -0.2) is 4.79 Å². The second-order valence-corrected chi connectivity index (χ2v) is 6.01. The lowest BCUT2D eigenvalue weighted by molar-refractivity contribution is -0.136. The number of carbonyl (C=O) groups is 2. The van der Waals surface area contributed by atoms with Crippen molar-refractivity contribution >= 4 is 17.8 Å². The number of benzene rings is 2. The zero-order valence-corrected chi connectivity index (χ0v) is 15.3. The Labute approximate surface area is 162 Å². The smallest absolute Gasteiger partial charge is 0.331 e. The summed E-state index contributed by atoms with van der Waals surface area (Å²) >= 11 is 0. The Morgan fingerprint density at radius 2 is 1.89 bits per heavy atom. The summed E-state index contributed by atoms with van der Waals surface area (Å²) in [6, 6.07) is 9.52. The fraction of sp³-hybridized carbons (Fsp3) is 0.238. The van der Waals surface area contributed by atoms with Crippen LogP contribution < -0.4 is 14.2 Å². The third kappa shape index (κ3) is 4.82. The van der Waals surface area contributed by atoms with Gasteiger partial charge in [0.25, 0.3) is 0 Å². The summed E-state index contributed by atoms with van der Waals surface area (Å²) < 4.78 is 21.1. The maximum absolute atomic E-state index is 12.3. The third-order valence-corrected chi connectivity index (χ3v) is 4.03. The minimum atomic E-state index is -0.658. The monoisotopic (exact) mass is 384 g/mol. The number of methoxy groups -OCH3 is 1. The first kappa shape index (κ1) is 19.3. The summed E-state index contributed by atoms with van der Waals surface area (Å²) in [7, 11) is 1.43. The van der Waals surface area contributed by atoms with E-state index in [0.29, 0.717) is 41.6 Å². The van der Waals surface area contributed by atoms with E-state index in [1.165, 1.54) is 25.3 Å². The highest BCUT2D eigenvalue weighted by atomic mass is 16.5. The Hall–Kier alpha value is -3.48. The van der Waals surface area contributed by atoms with Crippen molar-refractivity contribution in [2.45, 2.75) is 6.42 Å². The zero-order valence-electron chi connectivity index (χ0n) is 15.3. The van der Waals surface area contributed by atoms with Crippen molar-refractivity contribution in [2.24, 2.45) is 0 Å². The molecule has 28 heavy (non-hydrogen) atoms. The van der Waals surface area contributed by atoms with E-state index in [9.17, 15) is 14.7 Å². The fourth-order valence-electron chi connectivity index (χ4n) is 2.57. The van der Waals surface area contributed by atoms with Crippen LogP contribution in [0.25, 0.3) is 6.08 Å². The SMILES string of the molecule is COc1cc(/C=C/C(=O)OCC(=O)c2ccc3c(c2)OCCCO3)ccc1O. The van der Waals surface area contributed by atoms with Crippen LogP contribution in [0.3, 0.4) is 0 Å². The lowest BCUT2D eigenvalue weighted by Crippen LogP contribution is -2.12. The molecule has 146 valence electrons. The number of esters is 1. The number of hydrogen-bond acceptors (Lipinski definition) is 7. The number of ketones is 1. The van der Waals surface area contributed by atoms with E-state index in [1.807, 2.05) is 0 Å². The zero-order chi connectivity index (χ0) is 19.9. The normalized spacial score (nSPS) is 13.0. The van der Waals surface area contributed by atoms with E-state index >= 15 is 0 Å². The highest BCUT2D eigenvalue weighted by Gasteiger charge is 2.15. The van der Waals surface area contributed by atoms with Gasteiger partial charge < -0.3 is 24.1 Å². The van der Waals surface area contributed by atoms with Gasteiger partial charge in [0.05, 0.1) is 20.3 Å². The molecule has 7 nitrogen and oxygen atoms in total. The maximum Gasteiger partial charge on any atom is 0.331 e. The van der Waals surface area contributed by atoms with Crippen LogP contribution in [0, 0.1) is 0 Å². The number of rotatable bonds is 6. The molecule has 2 aromatic carbocycles. The van der Waals surface area contributed by atoms with Crippen molar-refractivity contribution in [3.05, 3.63) is 53.6 Å². The van der Waals surface area contributed by atoms with Crippen LogP contribution in [0.1, 0.15) is 22.3 Å². The van der Waals surface area contributed by atoms with Gasteiger partial charge in [0.15, 0.2) is 35.4 Å². The van der Waals surface area contributed by atoms with Gasteiger partial charge in [0.2, 0.25) is 0 Å². The second kappa shape index (κ2) is 8.94. The number of aromatic hydroxyl groups is 1. The molecular formula is C21H20O7. The first-order chi connectivity index (χ1) is 13.6. The molecule has 0 bridgehead atoms. The van der Waals surface area contributed by atoms with Crippen LogP contribution in [0.4, 0.5) is 0 Å². The lowest BCUT2D eigenvalue weighted by Gasteiger charge is -2.09. The van der Waals surface area contributed by atoms with Gasteiger partial charge in [-0.05, 0) is 42.0 Å². The number of carbonyl (C=O) groups excluding carboxylic acids is 2. The quantitative estimate of drug-likeness (QED) is 0.465. The number of fused-ring (bicyclic) bond motifs is 1. The second-order valence-electron chi connectivity index (χ2n) is 6.01. The van der Waals surface area contributed by atoms with Crippen LogP contribution in [0.5, 0.6) is 23.0 Å². The van der Waals surface area contributed by atoms with Crippen LogP contribution in [-0.2, 0) is 9.53 Å². The molecule has 1 aliphatic heterocycles. The van der Waals surface area contributed by atoms with Crippen molar-refractivity contribution < 1.29 is 33.6 Å². The predicted octanol–water partition coefficient (Wildman–Crippen LogP) is 3.00. The van der Waals surface area contributed by atoms with Crippen LogP contribution in [-0.4, -0.2) is 43.8 Å². The average Bonchev–Trinajstić information content (AvgIpc) is 2.96. The summed E-state index contributed by atoms with van der Waals surface area (Å²) in [5, 5.41) is 9.56. The topological polar surface area (TPSA) is 91.3 Å². The predicted molar refractivity (Wildman–Crippen MR) is 101 cm³/mol. The van der Waals surface area contributed by atoms with Crippen molar-refractivity contribution in [3.8, 4) is 23.0 Å². The Kier molecular flexibility index (Phi) is 6.16. The van der Waals surface area contributed by atoms with Crippen molar-refractivity contribution in [2.75, 3.05) is 26.9 Å². The Morgan fingerprint density at radius 1 is 1.11 bits per heavy atom. The van der Waals surface area contributed by atoms with Crippen LogP contribution in [0.2, 0.25) is 0 Å². The van der Waals surface area contributed by atoms with Crippen molar-refractivity contribution in [1.29, 1.82) is 0 Å². The maximum atomic E-state index is 12.3. The minimum Gasteiger partial charge on any atom is -0.504 e. The Balaban J connectivity index is 1.57. The molecule has 0 unspecified atom stereocenters. The molecule has 1 heterocycles. The largest absolute Gasteiger partial charge is 0.504 e. The molecule has 0 fully saturated rings. The first-order valence-corrected chi connectivity index (χ1v) is 8.71. The molecule has 1 aliphatic rings. The standard InChI is InChI=1S/C21H20O7/c1-25-19-11-14(3-6-16(19)22)4-8-21(24)28-13-17(23)15-5-7-18-20(12-15)27-10-2-9-26-18/h3-8,11-12,22H,2,9-10,13H2,1H3/b8-4+. The van der Waals surface area contributed by atoms with E-state index in [0.717, 1.165) is 6.42 Å². The van der Waals surface area contributed by atoms with Gasteiger partial charge in [0, 0.05) is 18.1 Å². The Morgan fingerprint density at radius 3 is 2.68 bits per heavy atom. The molecule has 7 heteroatoms. The summed E-state index contributed by atoms with van der Waals surface area (Å²) in [6.07, 6.45) is 3.48. The number of hydrogen-bond donors (Lipinski definition) is 1. The number of phenols is 1. The highest BCUT2D eigenvalue weighted by Crippen LogP contribution is 2.30. The molecule has 0 spiro atoms. The molecule has 2 aromatic rings. The lowest BCUT2D eigenvalue weighted by atomic mass is 10.1. The van der Waals surface area contributed by atoms with E-state index in [1.54, 1.807) is 30.3 Å². The average molecular weight is 384 g/mol. The van der Waals surface area contributed by atoms with Crippen molar-refractivity contribution in [1.82, 2.24) is 0 Å². The Bertz CT molecular complexity index is 902. The van der Waals surface area contributed by atoms with Crippen molar-refractivity contribution in [3.63, 3.8) is 0 Å². The van der Waals surface area contributed by atoms with E-state index in [4.69, 9.17) is 18.9 Å². The van der Waals surface area contributed by atoms with Gasteiger partial charge in [-0.15, -0.1) is 0 Å². The van der Waals surface area contributed by atoms with Crippen LogP contribution >= 0.6 is 0 Å². The first-order valence-electron chi connectivity index (χ1n) is 8.71. The van der Waals surface area contributed by atoms with E-state index in [-0.39, 0.29) is 18.1 Å². The minimum absolute atomic E-state index is 0.00274. The fourth-order valence-corrected chi connectivity index (χ4v) is 2.57. The molecular weight excluding hydrogens is 364 g/mol. The van der Waals surface area contributed by atoms with Gasteiger partial charge in [0.1, 0.15) is 0 Å². The number of ether oxygens (including phenoxy) is 4. The summed E-state index contributed by atoms with van der Waals surface area (Å²) in [6.45, 7) is 0.700. The van der Waals surface area contributed by atoms with Gasteiger partial charge in [-0.2, -0.15) is 0 Å². The summed E-state index contributed by atoms with van der Waals surface area (Å²) in [4.78, 5) is 24.1. The molecule has 0 saturated heterocycles. The summed E-state index contributed by atoms with van der Waals surface area (Å²) in [5.41, 5.74) is 1.02. The van der Waals surface area contributed by atoms with E-state index in [2.05, 4.69) is 0 Å².